The zero-order chi connectivity index (χ0) is 28.1. The fourth-order valence-electron chi connectivity index (χ4n) is 9.41. The minimum absolute atomic E-state index is 0.200. The Balaban J connectivity index is 1.39. The van der Waals surface area contributed by atoms with E-state index in [1.807, 2.05) is 0 Å². The summed E-state index contributed by atoms with van der Waals surface area (Å²) in [6.45, 7) is 24.3. The molecule has 0 aromatic carbocycles. The number of carbonyl (C=O) groups excluding carboxylic acids is 1. The van der Waals surface area contributed by atoms with Gasteiger partial charge in [0.2, 0.25) is 0 Å². The Labute approximate surface area is 237 Å². The molecule has 0 aromatic heterocycles. The standard InChI is InChI=1S/C33H60O3Si2/c1-23(22-35-37(5,6)7)11-16-31(34)24(2)28-14-15-29-27-13-12-25-21-26(36-38(8,9)10)17-19-32(25,3)30(27)18-20-33(28,29)4/h12,23-24,26-30H,11,13-22H2,1-10H3/t23-,24+,26+,27+,28-,29+,30+,32+,33-/m1/s1. The van der Waals surface area contributed by atoms with Gasteiger partial charge in [0.25, 0.3) is 0 Å². The molecule has 0 bridgehead atoms. The Morgan fingerprint density at radius 1 is 0.974 bits per heavy atom. The van der Waals surface area contributed by atoms with Gasteiger partial charge < -0.3 is 8.85 Å². The monoisotopic (exact) mass is 560 g/mol. The summed E-state index contributed by atoms with van der Waals surface area (Å²) >= 11 is 0. The zero-order valence-electron chi connectivity index (χ0n) is 26.6. The van der Waals surface area contributed by atoms with E-state index in [0.717, 1.165) is 37.2 Å². The Kier molecular flexibility index (Phi) is 9.06. The smallest absolute Gasteiger partial charge is 0.184 e. The number of hydrogen-bond acceptors (Lipinski definition) is 3. The Hall–Kier alpha value is -0.236. The third kappa shape index (κ3) is 6.47. The van der Waals surface area contributed by atoms with Crippen molar-refractivity contribution in [1.82, 2.24) is 0 Å². The van der Waals surface area contributed by atoms with Crippen LogP contribution < -0.4 is 0 Å². The molecule has 0 N–H and O–H groups in total. The third-order valence-corrected chi connectivity index (χ3v) is 13.5. The molecule has 4 aliphatic carbocycles. The topological polar surface area (TPSA) is 35.5 Å². The number of fused-ring (bicyclic) bond motifs is 5. The molecular formula is C33H60O3Si2. The number of carbonyl (C=O) groups is 1. The first kappa shape index (κ1) is 30.7. The van der Waals surface area contributed by atoms with Gasteiger partial charge in [-0.15, -0.1) is 0 Å². The molecular weight excluding hydrogens is 501 g/mol. The molecule has 0 radical (unpaired) electrons. The summed E-state index contributed by atoms with van der Waals surface area (Å²) < 4.78 is 12.7. The van der Waals surface area contributed by atoms with Crippen LogP contribution >= 0.6 is 0 Å². The van der Waals surface area contributed by atoms with Crippen molar-refractivity contribution in [3.05, 3.63) is 11.6 Å². The zero-order valence-corrected chi connectivity index (χ0v) is 28.6. The van der Waals surface area contributed by atoms with E-state index >= 15 is 0 Å². The molecule has 0 heterocycles. The van der Waals surface area contributed by atoms with Gasteiger partial charge in [0.05, 0.1) is 0 Å². The van der Waals surface area contributed by atoms with Gasteiger partial charge in [-0.2, -0.15) is 0 Å². The van der Waals surface area contributed by atoms with E-state index in [0.29, 0.717) is 34.6 Å². The highest BCUT2D eigenvalue weighted by molar-refractivity contribution is 6.70. The second kappa shape index (κ2) is 11.2. The van der Waals surface area contributed by atoms with E-state index in [1.54, 1.807) is 5.57 Å². The van der Waals surface area contributed by atoms with Gasteiger partial charge in [-0.1, -0.05) is 39.3 Å². The minimum atomic E-state index is -1.50. The van der Waals surface area contributed by atoms with E-state index < -0.39 is 16.6 Å². The van der Waals surface area contributed by atoms with Crippen molar-refractivity contribution in [3.63, 3.8) is 0 Å². The summed E-state index contributed by atoms with van der Waals surface area (Å²) in [5.74, 6) is 4.16. The van der Waals surface area contributed by atoms with Crippen LogP contribution in [0.3, 0.4) is 0 Å². The van der Waals surface area contributed by atoms with Crippen molar-refractivity contribution >= 4 is 22.4 Å². The molecule has 4 aliphatic rings. The average molecular weight is 561 g/mol. The first-order valence-corrected chi connectivity index (χ1v) is 22.9. The van der Waals surface area contributed by atoms with Crippen LogP contribution in [0.1, 0.15) is 91.9 Å². The van der Waals surface area contributed by atoms with Crippen molar-refractivity contribution in [2.45, 2.75) is 137 Å². The number of ketones is 1. The molecule has 5 heteroatoms. The van der Waals surface area contributed by atoms with Crippen LogP contribution in [0.25, 0.3) is 0 Å². The van der Waals surface area contributed by atoms with Crippen molar-refractivity contribution in [2.24, 2.45) is 46.3 Å². The highest BCUT2D eigenvalue weighted by Crippen LogP contribution is 2.67. The molecule has 0 spiro atoms. The Bertz CT molecular complexity index is 886. The lowest BCUT2D eigenvalue weighted by atomic mass is 9.47. The van der Waals surface area contributed by atoms with Crippen LogP contribution in [-0.4, -0.2) is 35.1 Å². The Morgan fingerprint density at radius 3 is 2.34 bits per heavy atom. The Morgan fingerprint density at radius 2 is 1.68 bits per heavy atom. The maximum Gasteiger partial charge on any atom is 0.184 e. The number of rotatable bonds is 10. The van der Waals surface area contributed by atoms with Gasteiger partial charge in [0.1, 0.15) is 5.78 Å². The fraction of sp³-hybridized carbons (Fsp3) is 0.909. The van der Waals surface area contributed by atoms with E-state index in [-0.39, 0.29) is 5.92 Å². The summed E-state index contributed by atoms with van der Waals surface area (Å²) in [4.78, 5) is 13.5. The minimum Gasteiger partial charge on any atom is -0.417 e. The second-order valence-electron chi connectivity index (χ2n) is 16.4. The van der Waals surface area contributed by atoms with Crippen molar-refractivity contribution in [1.29, 1.82) is 0 Å². The van der Waals surface area contributed by atoms with E-state index in [4.69, 9.17) is 8.85 Å². The van der Waals surface area contributed by atoms with Crippen LogP contribution in [0.5, 0.6) is 0 Å². The molecule has 0 aromatic rings. The highest BCUT2D eigenvalue weighted by atomic mass is 28.4. The molecule has 3 fully saturated rings. The maximum atomic E-state index is 13.5. The van der Waals surface area contributed by atoms with Crippen LogP contribution in [-0.2, 0) is 13.6 Å². The van der Waals surface area contributed by atoms with Gasteiger partial charge in [-0.25, -0.2) is 0 Å². The van der Waals surface area contributed by atoms with Gasteiger partial charge in [-0.05, 0) is 137 Å². The van der Waals surface area contributed by atoms with E-state index in [2.05, 4.69) is 73.1 Å². The SMILES string of the molecule is C[C@H](CCC(=O)[C@@H](C)[C@H]1CC[C@H]2[C@@H]3CC=C4C[C@@H](O[Si](C)(C)C)CC[C@]4(C)[C@H]3CC[C@]12C)CO[Si](C)(C)C. The predicted octanol–water partition coefficient (Wildman–Crippen LogP) is 9.26. The van der Waals surface area contributed by atoms with Gasteiger partial charge in [0, 0.05) is 25.0 Å². The van der Waals surface area contributed by atoms with Crippen molar-refractivity contribution in [3.8, 4) is 0 Å². The van der Waals surface area contributed by atoms with Crippen LogP contribution in [0.15, 0.2) is 11.6 Å². The second-order valence-corrected chi connectivity index (χ2v) is 25.4. The summed E-state index contributed by atoms with van der Waals surface area (Å²) in [7, 11) is -2.99. The molecule has 0 aliphatic heterocycles. The molecule has 0 saturated heterocycles. The molecule has 0 amide bonds. The average Bonchev–Trinajstić information content (AvgIpc) is 3.16. The lowest BCUT2D eigenvalue weighted by Crippen LogP contribution is -2.51. The maximum absolute atomic E-state index is 13.5. The van der Waals surface area contributed by atoms with Crippen molar-refractivity contribution in [2.75, 3.05) is 6.61 Å². The predicted molar refractivity (Wildman–Crippen MR) is 165 cm³/mol. The normalized spacial score (nSPS) is 39.0. The van der Waals surface area contributed by atoms with Crippen LogP contribution in [0.2, 0.25) is 39.3 Å². The summed E-state index contributed by atoms with van der Waals surface area (Å²) in [5.41, 5.74) is 2.43. The third-order valence-electron chi connectivity index (χ3n) is 11.4. The molecule has 38 heavy (non-hydrogen) atoms. The molecule has 0 unspecified atom stereocenters. The van der Waals surface area contributed by atoms with Crippen LogP contribution in [0.4, 0.5) is 0 Å². The van der Waals surface area contributed by atoms with Gasteiger partial charge in [-0.3, -0.25) is 4.79 Å². The quantitative estimate of drug-likeness (QED) is 0.197. The van der Waals surface area contributed by atoms with E-state index in [1.165, 1.54) is 51.4 Å². The van der Waals surface area contributed by atoms with Gasteiger partial charge in [0.15, 0.2) is 16.6 Å². The largest absolute Gasteiger partial charge is 0.417 e. The molecule has 218 valence electrons. The first-order valence-electron chi connectivity index (χ1n) is 16.1. The summed E-state index contributed by atoms with van der Waals surface area (Å²) in [6.07, 6.45) is 15.0. The number of allylic oxidation sites excluding steroid dienone is 1. The molecule has 3 saturated carbocycles. The number of Topliss-reactive ketones (excluding diaryl/α,β-unsaturated/α-hetero) is 1. The summed E-state index contributed by atoms with van der Waals surface area (Å²) in [6, 6.07) is 0. The fourth-order valence-corrected chi connectivity index (χ4v) is 11.4. The summed E-state index contributed by atoms with van der Waals surface area (Å²) in [5, 5.41) is 0. The molecule has 4 rings (SSSR count). The van der Waals surface area contributed by atoms with Crippen molar-refractivity contribution < 1.29 is 13.6 Å². The van der Waals surface area contributed by atoms with Gasteiger partial charge >= 0.3 is 0 Å². The highest BCUT2D eigenvalue weighted by Gasteiger charge is 2.59. The van der Waals surface area contributed by atoms with Crippen LogP contribution in [0, 0.1) is 46.3 Å². The number of hydrogen-bond donors (Lipinski definition) is 0. The lowest BCUT2D eigenvalue weighted by Gasteiger charge is -2.58. The van der Waals surface area contributed by atoms with E-state index in [9.17, 15) is 4.79 Å². The molecule has 3 nitrogen and oxygen atoms in total. The lowest BCUT2D eigenvalue weighted by molar-refractivity contribution is -0.127. The first-order chi connectivity index (χ1) is 17.5. The molecule has 9 atom stereocenters.